The van der Waals surface area contributed by atoms with E-state index in [0.29, 0.717) is 6.04 Å². The average molecular weight is 230 g/mol. The van der Waals surface area contributed by atoms with Crippen LogP contribution in [0.1, 0.15) is 53.9 Å². The Hall–Kier alpha value is -0.410. The molecule has 0 aromatic heterocycles. The first-order chi connectivity index (χ1) is 7.57. The van der Waals surface area contributed by atoms with Gasteiger partial charge in [-0.3, -0.25) is 4.79 Å². The molecular formula is C13H30N2O. The van der Waals surface area contributed by atoms with E-state index in [2.05, 4.69) is 24.5 Å². The van der Waals surface area contributed by atoms with Gasteiger partial charge in [0.1, 0.15) is 5.78 Å². The molecule has 98 valence electrons. The van der Waals surface area contributed by atoms with Crippen LogP contribution in [0.3, 0.4) is 0 Å². The van der Waals surface area contributed by atoms with Gasteiger partial charge in [-0.2, -0.15) is 0 Å². The molecule has 2 N–H and O–H groups in total. The summed E-state index contributed by atoms with van der Waals surface area (Å²) in [6.07, 6.45) is 3.19. The van der Waals surface area contributed by atoms with Gasteiger partial charge >= 0.3 is 0 Å². The molecule has 0 aliphatic rings. The second-order valence-corrected chi connectivity index (χ2v) is 4.08. The van der Waals surface area contributed by atoms with Crippen LogP contribution in [0.4, 0.5) is 0 Å². The average Bonchev–Trinajstić information content (AvgIpc) is 2.24. The van der Waals surface area contributed by atoms with Crippen molar-refractivity contribution in [2.24, 2.45) is 0 Å². The Kier molecular flexibility index (Phi) is 14.2. The maximum absolute atomic E-state index is 11.3. The van der Waals surface area contributed by atoms with Crippen LogP contribution < -0.4 is 10.6 Å². The van der Waals surface area contributed by atoms with Crippen molar-refractivity contribution < 1.29 is 4.79 Å². The number of nitrogens with one attached hydrogen (secondary N) is 2. The summed E-state index contributed by atoms with van der Waals surface area (Å²) in [7, 11) is 1.95. The van der Waals surface area contributed by atoms with Gasteiger partial charge in [0.15, 0.2) is 0 Å². The molecule has 0 saturated carbocycles. The van der Waals surface area contributed by atoms with Crippen molar-refractivity contribution in [3.05, 3.63) is 0 Å². The van der Waals surface area contributed by atoms with Gasteiger partial charge in [-0.25, -0.2) is 0 Å². The molecule has 16 heavy (non-hydrogen) atoms. The second-order valence-electron chi connectivity index (χ2n) is 4.08. The Bertz CT molecular complexity index is 158. The summed E-state index contributed by atoms with van der Waals surface area (Å²) in [6.45, 7) is 10.8. The summed E-state index contributed by atoms with van der Waals surface area (Å²) >= 11 is 0. The molecule has 3 nitrogen and oxygen atoms in total. The largest absolute Gasteiger partial charge is 0.320 e. The molecule has 1 unspecified atom stereocenters. The smallest absolute Gasteiger partial charge is 0.146 e. The molecule has 0 aliphatic carbocycles. The maximum atomic E-state index is 11.3. The molecule has 1 atom stereocenters. The molecule has 0 bridgehead atoms. The number of hydrogen-bond acceptors (Lipinski definition) is 3. The van der Waals surface area contributed by atoms with Gasteiger partial charge in [0.25, 0.3) is 0 Å². The van der Waals surface area contributed by atoms with Gasteiger partial charge in [0.05, 0.1) is 6.04 Å². The monoisotopic (exact) mass is 230 g/mol. The molecule has 0 amide bonds. The Balaban J connectivity index is 0. The van der Waals surface area contributed by atoms with Gasteiger partial charge < -0.3 is 10.6 Å². The van der Waals surface area contributed by atoms with Crippen molar-refractivity contribution in [1.82, 2.24) is 10.6 Å². The van der Waals surface area contributed by atoms with Crippen LogP contribution in [-0.2, 0) is 4.79 Å². The quantitative estimate of drug-likeness (QED) is 0.629. The van der Waals surface area contributed by atoms with E-state index in [1.54, 1.807) is 6.92 Å². The van der Waals surface area contributed by atoms with Crippen LogP contribution in [0.5, 0.6) is 0 Å². The lowest BCUT2D eigenvalue weighted by Crippen LogP contribution is -2.39. The van der Waals surface area contributed by atoms with Crippen molar-refractivity contribution in [3.8, 4) is 0 Å². The molecule has 0 heterocycles. The molecule has 3 heteroatoms. The SMILES string of the molecule is CC.CNCCCCC(NC(C)C)C(C)=O. The van der Waals surface area contributed by atoms with Crippen LogP contribution in [0, 0.1) is 0 Å². The Morgan fingerprint density at radius 2 is 1.75 bits per heavy atom. The summed E-state index contributed by atoms with van der Waals surface area (Å²) in [4.78, 5) is 11.3. The highest BCUT2D eigenvalue weighted by Gasteiger charge is 2.13. The molecule has 0 saturated heterocycles. The van der Waals surface area contributed by atoms with Gasteiger partial charge in [-0.1, -0.05) is 34.1 Å². The van der Waals surface area contributed by atoms with Crippen molar-refractivity contribution in [1.29, 1.82) is 0 Å². The number of Topliss-reactive ketones (excluding diaryl/α,β-unsaturated/α-hetero) is 1. The number of hydrogen-bond donors (Lipinski definition) is 2. The van der Waals surface area contributed by atoms with E-state index >= 15 is 0 Å². The molecule has 0 spiro atoms. The molecule has 0 aliphatic heterocycles. The fraction of sp³-hybridized carbons (Fsp3) is 0.923. The number of carbonyl (C=O) groups excluding carboxylic acids is 1. The predicted molar refractivity (Wildman–Crippen MR) is 71.9 cm³/mol. The van der Waals surface area contributed by atoms with E-state index in [-0.39, 0.29) is 11.8 Å². The van der Waals surface area contributed by atoms with E-state index in [0.717, 1.165) is 25.8 Å². The van der Waals surface area contributed by atoms with E-state index in [1.165, 1.54) is 0 Å². The van der Waals surface area contributed by atoms with Crippen LogP contribution in [0.25, 0.3) is 0 Å². The van der Waals surface area contributed by atoms with Crippen molar-refractivity contribution in [2.75, 3.05) is 13.6 Å². The zero-order valence-corrected chi connectivity index (χ0v) is 11.9. The van der Waals surface area contributed by atoms with E-state index < -0.39 is 0 Å². The first kappa shape index (κ1) is 18.0. The van der Waals surface area contributed by atoms with Gasteiger partial charge in [0, 0.05) is 6.04 Å². The van der Waals surface area contributed by atoms with Crippen LogP contribution in [0.15, 0.2) is 0 Å². The van der Waals surface area contributed by atoms with Gasteiger partial charge in [0.2, 0.25) is 0 Å². The van der Waals surface area contributed by atoms with Crippen molar-refractivity contribution >= 4 is 5.78 Å². The summed E-state index contributed by atoms with van der Waals surface area (Å²) in [5.74, 6) is 0.253. The van der Waals surface area contributed by atoms with Crippen LogP contribution >= 0.6 is 0 Å². The van der Waals surface area contributed by atoms with E-state index in [4.69, 9.17) is 0 Å². The van der Waals surface area contributed by atoms with Gasteiger partial charge in [-0.05, 0) is 33.4 Å². The van der Waals surface area contributed by atoms with E-state index in [9.17, 15) is 4.79 Å². The molecule has 0 fully saturated rings. The lowest BCUT2D eigenvalue weighted by Gasteiger charge is -2.18. The van der Waals surface area contributed by atoms with E-state index in [1.807, 2.05) is 20.9 Å². The second kappa shape index (κ2) is 12.7. The molecular weight excluding hydrogens is 200 g/mol. The third-order valence-corrected chi connectivity index (χ3v) is 2.19. The molecule has 0 aromatic rings. The van der Waals surface area contributed by atoms with Crippen molar-refractivity contribution in [3.63, 3.8) is 0 Å². The number of carbonyl (C=O) groups is 1. The third-order valence-electron chi connectivity index (χ3n) is 2.19. The topological polar surface area (TPSA) is 41.1 Å². The minimum Gasteiger partial charge on any atom is -0.320 e. The fourth-order valence-electron chi connectivity index (χ4n) is 1.46. The lowest BCUT2D eigenvalue weighted by molar-refractivity contribution is -0.119. The van der Waals surface area contributed by atoms with Crippen LogP contribution in [0.2, 0.25) is 0 Å². The number of rotatable bonds is 8. The maximum Gasteiger partial charge on any atom is 0.146 e. The predicted octanol–water partition coefficient (Wildman–Crippen LogP) is 2.36. The fourth-order valence-corrected chi connectivity index (χ4v) is 1.46. The first-order valence-corrected chi connectivity index (χ1v) is 6.49. The minimum atomic E-state index is 0.0480. The summed E-state index contributed by atoms with van der Waals surface area (Å²) < 4.78 is 0. The molecule has 0 radical (unpaired) electrons. The summed E-state index contributed by atoms with van der Waals surface area (Å²) in [5.41, 5.74) is 0. The number of ketones is 1. The Morgan fingerprint density at radius 1 is 1.19 bits per heavy atom. The minimum absolute atomic E-state index is 0.0480. The third kappa shape index (κ3) is 11.7. The molecule has 0 aromatic carbocycles. The highest BCUT2D eigenvalue weighted by Crippen LogP contribution is 2.02. The van der Waals surface area contributed by atoms with Crippen molar-refractivity contribution in [2.45, 2.75) is 66.0 Å². The Labute approximate surface area is 101 Å². The summed E-state index contributed by atoms with van der Waals surface area (Å²) in [6, 6.07) is 0.431. The number of unbranched alkanes of at least 4 members (excludes halogenated alkanes) is 1. The lowest BCUT2D eigenvalue weighted by atomic mass is 10.1. The normalized spacial score (nSPS) is 11.9. The van der Waals surface area contributed by atoms with Gasteiger partial charge in [-0.15, -0.1) is 0 Å². The Morgan fingerprint density at radius 3 is 2.12 bits per heavy atom. The highest BCUT2D eigenvalue weighted by atomic mass is 16.1. The summed E-state index contributed by atoms with van der Waals surface area (Å²) in [5, 5.41) is 6.39. The first-order valence-electron chi connectivity index (χ1n) is 6.49. The zero-order valence-electron chi connectivity index (χ0n) is 11.9. The molecule has 0 rings (SSSR count). The zero-order chi connectivity index (χ0) is 13.0. The standard InChI is InChI=1S/C11H24N2O.C2H6/c1-9(2)13-11(10(3)14)7-5-6-8-12-4;1-2/h9,11-13H,5-8H2,1-4H3;1-2H3. The van der Waals surface area contributed by atoms with Crippen LogP contribution in [-0.4, -0.2) is 31.5 Å². The highest BCUT2D eigenvalue weighted by molar-refractivity contribution is 5.81.